The maximum atomic E-state index is 13.8. The van der Waals surface area contributed by atoms with Gasteiger partial charge in [0.15, 0.2) is 0 Å². The average Bonchev–Trinajstić information content (AvgIpc) is 2.69. The van der Waals surface area contributed by atoms with Crippen molar-refractivity contribution in [3.63, 3.8) is 0 Å². The van der Waals surface area contributed by atoms with Crippen LogP contribution in [-0.4, -0.2) is 37.2 Å². The van der Waals surface area contributed by atoms with Crippen LogP contribution < -0.4 is 10.1 Å². The molecule has 0 spiro atoms. The fraction of sp³-hybridized carbons (Fsp3) is 0.238. The number of urea groups is 1. The molecule has 29 heavy (non-hydrogen) atoms. The van der Waals surface area contributed by atoms with Crippen molar-refractivity contribution < 1.29 is 23.5 Å². The van der Waals surface area contributed by atoms with Gasteiger partial charge in [-0.15, -0.1) is 0 Å². The van der Waals surface area contributed by atoms with Crippen LogP contribution in [0.25, 0.3) is 0 Å². The molecular weight excluding hydrogens is 399 g/mol. The highest BCUT2D eigenvalue weighted by Crippen LogP contribution is 2.32. The van der Waals surface area contributed by atoms with Gasteiger partial charge in [-0.3, -0.25) is 4.90 Å². The van der Waals surface area contributed by atoms with E-state index in [0.717, 1.165) is 0 Å². The summed E-state index contributed by atoms with van der Waals surface area (Å²) in [6, 6.07) is 11.2. The van der Waals surface area contributed by atoms with Crippen molar-refractivity contribution in [1.29, 1.82) is 0 Å². The number of ether oxygens (including phenoxy) is 2. The number of amides is 2. The normalized spacial score (nSPS) is 16.5. The quantitative estimate of drug-likeness (QED) is 0.718. The molecule has 0 saturated carbocycles. The van der Waals surface area contributed by atoms with Gasteiger partial charge in [0, 0.05) is 12.1 Å². The second-order valence-electron chi connectivity index (χ2n) is 6.32. The average molecular weight is 419 g/mol. The summed E-state index contributed by atoms with van der Waals surface area (Å²) in [6.07, 6.45) is 0. The molecule has 1 aliphatic heterocycles. The van der Waals surface area contributed by atoms with Crippen molar-refractivity contribution >= 4 is 23.6 Å². The number of likely N-dealkylation sites (N-methyl/N-ethyl adjacent to an activating group) is 1. The Labute approximate surface area is 172 Å². The fourth-order valence-electron chi connectivity index (χ4n) is 3.03. The number of hydrogen-bond acceptors (Lipinski definition) is 4. The molecule has 1 N–H and O–H groups in total. The van der Waals surface area contributed by atoms with Gasteiger partial charge in [-0.25, -0.2) is 14.0 Å². The van der Waals surface area contributed by atoms with E-state index in [0.29, 0.717) is 22.0 Å². The van der Waals surface area contributed by atoms with Crippen LogP contribution in [0.4, 0.5) is 9.18 Å². The van der Waals surface area contributed by atoms with Gasteiger partial charge in [0.1, 0.15) is 18.2 Å². The molecule has 1 atom stereocenters. The van der Waals surface area contributed by atoms with E-state index in [1.165, 1.54) is 30.1 Å². The summed E-state index contributed by atoms with van der Waals surface area (Å²) in [6.45, 7) is 1.76. The molecule has 0 aliphatic carbocycles. The van der Waals surface area contributed by atoms with Crippen LogP contribution in [0, 0.1) is 5.82 Å². The maximum absolute atomic E-state index is 13.8. The third-order valence-electron chi connectivity index (χ3n) is 4.43. The van der Waals surface area contributed by atoms with Crippen LogP contribution in [0.1, 0.15) is 18.5 Å². The molecule has 0 aromatic heterocycles. The van der Waals surface area contributed by atoms with Gasteiger partial charge < -0.3 is 14.8 Å². The number of nitrogens with one attached hydrogen (secondary N) is 1. The highest BCUT2D eigenvalue weighted by Gasteiger charge is 2.37. The van der Waals surface area contributed by atoms with Gasteiger partial charge >= 0.3 is 12.0 Å². The van der Waals surface area contributed by atoms with E-state index in [9.17, 15) is 14.0 Å². The van der Waals surface area contributed by atoms with Crippen LogP contribution in [0.15, 0.2) is 59.8 Å². The summed E-state index contributed by atoms with van der Waals surface area (Å²) in [5.41, 5.74) is 0.928. The topological polar surface area (TPSA) is 67.9 Å². The number of rotatable bonds is 6. The van der Waals surface area contributed by atoms with Crippen molar-refractivity contribution in [1.82, 2.24) is 10.2 Å². The molecule has 1 heterocycles. The fourth-order valence-corrected chi connectivity index (χ4v) is 3.21. The smallest absolute Gasteiger partial charge is 0.338 e. The second kappa shape index (κ2) is 8.96. The lowest BCUT2D eigenvalue weighted by Gasteiger charge is -2.34. The zero-order valence-corrected chi connectivity index (χ0v) is 16.7. The zero-order chi connectivity index (χ0) is 21.0. The molecule has 2 aromatic rings. The van der Waals surface area contributed by atoms with E-state index in [2.05, 4.69) is 5.32 Å². The minimum Gasteiger partial charge on any atom is -0.487 e. The highest BCUT2D eigenvalue weighted by atomic mass is 35.5. The van der Waals surface area contributed by atoms with Gasteiger partial charge in [-0.2, -0.15) is 0 Å². The minimum absolute atomic E-state index is 0.0791. The van der Waals surface area contributed by atoms with Crippen molar-refractivity contribution in [3.05, 3.63) is 76.2 Å². The van der Waals surface area contributed by atoms with Crippen molar-refractivity contribution in [2.45, 2.75) is 13.0 Å². The lowest BCUT2D eigenvalue weighted by Crippen LogP contribution is -2.48. The zero-order valence-electron chi connectivity index (χ0n) is 15.9. The Hall–Kier alpha value is -3.06. The van der Waals surface area contributed by atoms with Gasteiger partial charge in [0.2, 0.25) is 0 Å². The first-order chi connectivity index (χ1) is 13.9. The SMILES string of the molecule is CCOC(=O)C1=C(COc2cccc(Cl)c2)N(C)C(=O)N[C@H]1c1cccc(F)c1. The number of nitrogens with zero attached hydrogens (tertiary/aromatic N) is 1. The van der Waals surface area contributed by atoms with Crippen LogP contribution in [0.2, 0.25) is 5.02 Å². The molecule has 0 bridgehead atoms. The Balaban J connectivity index is 2.03. The van der Waals surface area contributed by atoms with E-state index in [4.69, 9.17) is 21.1 Å². The van der Waals surface area contributed by atoms with E-state index >= 15 is 0 Å². The number of carbonyl (C=O) groups excluding carboxylic acids is 2. The largest absolute Gasteiger partial charge is 0.487 e. The number of esters is 1. The van der Waals surface area contributed by atoms with E-state index in [-0.39, 0.29) is 18.8 Å². The summed E-state index contributed by atoms with van der Waals surface area (Å²) in [5, 5.41) is 3.22. The molecule has 1 aliphatic rings. The number of hydrogen-bond donors (Lipinski definition) is 1. The first-order valence-electron chi connectivity index (χ1n) is 8.99. The Morgan fingerprint density at radius 3 is 2.69 bits per heavy atom. The first-order valence-corrected chi connectivity index (χ1v) is 9.36. The lowest BCUT2D eigenvalue weighted by atomic mass is 9.94. The number of halogens is 2. The molecule has 0 fully saturated rings. The number of benzene rings is 2. The molecule has 6 nitrogen and oxygen atoms in total. The predicted octanol–water partition coefficient (Wildman–Crippen LogP) is 4.07. The van der Waals surface area contributed by atoms with E-state index in [1.807, 2.05) is 0 Å². The monoisotopic (exact) mass is 418 g/mol. The molecule has 2 amide bonds. The van der Waals surface area contributed by atoms with E-state index < -0.39 is 23.9 Å². The Bertz CT molecular complexity index is 963. The van der Waals surface area contributed by atoms with Crippen LogP contribution in [-0.2, 0) is 9.53 Å². The summed E-state index contributed by atoms with van der Waals surface area (Å²) in [5.74, 6) is -0.608. The molecular formula is C21H20ClFN2O4. The van der Waals surface area contributed by atoms with Crippen LogP contribution in [0.5, 0.6) is 5.75 Å². The van der Waals surface area contributed by atoms with E-state index in [1.54, 1.807) is 37.3 Å². The third-order valence-corrected chi connectivity index (χ3v) is 4.66. The lowest BCUT2D eigenvalue weighted by molar-refractivity contribution is -0.139. The maximum Gasteiger partial charge on any atom is 0.338 e. The van der Waals surface area contributed by atoms with Crippen LogP contribution >= 0.6 is 11.6 Å². The van der Waals surface area contributed by atoms with Gasteiger partial charge in [0.05, 0.1) is 23.9 Å². The van der Waals surface area contributed by atoms with Crippen molar-refractivity contribution in [2.24, 2.45) is 0 Å². The molecule has 2 aromatic carbocycles. The summed E-state index contributed by atoms with van der Waals surface area (Å²) in [4.78, 5) is 26.6. The van der Waals surface area contributed by atoms with Gasteiger partial charge in [0.25, 0.3) is 0 Å². The Kier molecular flexibility index (Phi) is 6.39. The standard InChI is InChI=1S/C21H20ClFN2O4/c1-3-28-20(26)18-17(12-29-16-9-5-7-14(22)11-16)25(2)21(27)24-19(18)13-6-4-8-15(23)10-13/h4-11,19H,3,12H2,1-2H3,(H,24,27)/t19-/m0/s1. The molecule has 152 valence electrons. The highest BCUT2D eigenvalue weighted by molar-refractivity contribution is 6.30. The predicted molar refractivity (Wildman–Crippen MR) is 106 cm³/mol. The summed E-state index contributed by atoms with van der Waals surface area (Å²) in [7, 11) is 1.52. The molecule has 0 unspecified atom stereocenters. The third kappa shape index (κ3) is 4.68. The minimum atomic E-state index is -0.869. The second-order valence-corrected chi connectivity index (χ2v) is 6.76. The number of carbonyl (C=O) groups is 2. The molecule has 0 saturated heterocycles. The van der Waals surface area contributed by atoms with Crippen molar-refractivity contribution in [3.8, 4) is 5.75 Å². The molecule has 3 rings (SSSR count). The summed E-state index contributed by atoms with van der Waals surface area (Å²) < 4.78 is 24.8. The van der Waals surface area contributed by atoms with Gasteiger partial charge in [-0.05, 0) is 42.8 Å². The van der Waals surface area contributed by atoms with Crippen molar-refractivity contribution in [2.75, 3.05) is 20.3 Å². The van der Waals surface area contributed by atoms with Gasteiger partial charge in [-0.1, -0.05) is 29.8 Å². The Morgan fingerprint density at radius 2 is 2.00 bits per heavy atom. The van der Waals surface area contributed by atoms with Crippen LogP contribution in [0.3, 0.4) is 0 Å². The Morgan fingerprint density at radius 1 is 1.24 bits per heavy atom. The molecule has 0 radical (unpaired) electrons. The molecule has 8 heteroatoms. The first kappa shape index (κ1) is 20.7. The summed E-state index contributed by atoms with van der Waals surface area (Å²) >= 11 is 5.98.